The fourth-order valence-corrected chi connectivity index (χ4v) is 1.08. The second-order valence-electron chi connectivity index (χ2n) is 3.23. The number of ether oxygens (including phenoxy) is 1. The lowest BCUT2D eigenvalue weighted by molar-refractivity contribution is -0.138. The van der Waals surface area contributed by atoms with Crippen LogP contribution >= 0.6 is 0 Å². The quantitative estimate of drug-likeness (QED) is 0.772. The first-order chi connectivity index (χ1) is 8.08. The van der Waals surface area contributed by atoms with Crippen molar-refractivity contribution in [1.29, 1.82) is 0 Å². The SMILES string of the molecule is O=C(O)CNC(=O)CCOc1cccc(F)c1. The number of halogens is 1. The molecule has 0 aromatic heterocycles. The Hall–Kier alpha value is -2.11. The summed E-state index contributed by atoms with van der Waals surface area (Å²) >= 11 is 0. The third-order valence-electron chi connectivity index (χ3n) is 1.83. The molecule has 1 aromatic rings. The van der Waals surface area contributed by atoms with E-state index in [1.54, 1.807) is 6.07 Å². The van der Waals surface area contributed by atoms with Gasteiger partial charge in [0.1, 0.15) is 18.1 Å². The molecule has 6 heteroatoms. The Morgan fingerprint density at radius 2 is 2.18 bits per heavy atom. The molecule has 5 nitrogen and oxygen atoms in total. The van der Waals surface area contributed by atoms with Crippen LogP contribution in [0, 0.1) is 5.82 Å². The van der Waals surface area contributed by atoms with Crippen molar-refractivity contribution in [1.82, 2.24) is 5.32 Å². The maximum atomic E-state index is 12.7. The number of aliphatic carboxylic acids is 1. The maximum Gasteiger partial charge on any atom is 0.322 e. The number of amides is 1. The minimum absolute atomic E-state index is 0.0177. The maximum absolute atomic E-state index is 12.7. The lowest BCUT2D eigenvalue weighted by atomic mass is 10.3. The predicted octanol–water partition coefficient (Wildman–Crippen LogP) is 0.795. The molecule has 0 atom stereocenters. The Labute approximate surface area is 97.2 Å². The Morgan fingerprint density at radius 3 is 2.82 bits per heavy atom. The zero-order valence-electron chi connectivity index (χ0n) is 8.98. The number of carbonyl (C=O) groups is 2. The van der Waals surface area contributed by atoms with Crippen LogP contribution in [0.2, 0.25) is 0 Å². The van der Waals surface area contributed by atoms with E-state index >= 15 is 0 Å². The summed E-state index contributed by atoms with van der Waals surface area (Å²) in [7, 11) is 0. The monoisotopic (exact) mass is 241 g/mol. The number of hydrogen-bond acceptors (Lipinski definition) is 3. The van der Waals surface area contributed by atoms with Gasteiger partial charge >= 0.3 is 5.97 Å². The van der Waals surface area contributed by atoms with Crippen LogP contribution in [0.1, 0.15) is 6.42 Å². The lowest BCUT2D eigenvalue weighted by Gasteiger charge is -2.06. The van der Waals surface area contributed by atoms with E-state index in [2.05, 4.69) is 5.32 Å². The van der Waals surface area contributed by atoms with Gasteiger partial charge in [-0.25, -0.2) is 4.39 Å². The molecule has 1 rings (SSSR count). The summed E-state index contributed by atoms with van der Waals surface area (Å²) in [4.78, 5) is 21.2. The highest BCUT2D eigenvalue weighted by molar-refractivity contribution is 5.81. The van der Waals surface area contributed by atoms with Gasteiger partial charge in [0.05, 0.1) is 13.0 Å². The standard InChI is InChI=1S/C11H12FNO4/c12-8-2-1-3-9(6-8)17-5-4-10(14)13-7-11(15)16/h1-3,6H,4-5,7H2,(H,13,14)(H,15,16). The topological polar surface area (TPSA) is 75.6 Å². The number of nitrogens with one attached hydrogen (secondary N) is 1. The van der Waals surface area contributed by atoms with Crippen molar-refractivity contribution in [3.05, 3.63) is 30.1 Å². The summed E-state index contributed by atoms with van der Waals surface area (Å²) in [5.74, 6) is -1.62. The number of carboxylic acids is 1. The van der Waals surface area contributed by atoms with Gasteiger partial charge in [-0.3, -0.25) is 9.59 Å². The number of benzene rings is 1. The zero-order valence-corrected chi connectivity index (χ0v) is 8.98. The summed E-state index contributed by atoms with van der Waals surface area (Å²) in [5.41, 5.74) is 0. The molecule has 0 aliphatic rings. The molecule has 0 radical (unpaired) electrons. The van der Waals surface area contributed by atoms with Gasteiger partial charge in [-0.05, 0) is 12.1 Å². The first-order valence-electron chi connectivity index (χ1n) is 4.95. The van der Waals surface area contributed by atoms with Crippen LogP contribution in [0.25, 0.3) is 0 Å². The molecule has 0 fully saturated rings. The minimum atomic E-state index is -1.11. The summed E-state index contributed by atoms with van der Waals surface area (Å²) < 4.78 is 17.9. The van der Waals surface area contributed by atoms with E-state index in [-0.39, 0.29) is 13.0 Å². The number of carboxylic acid groups (broad SMARTS) is 1. The van der Waals surface area contributed by atoms with Gasteiger partial charge in [0.25, 0.3) is 0 Å². The van der Waals surface area contributed by atoms with Crippen molar-refractivity contribution in [2.24, 2.45) is 0 Å². The van der Waals surface area contributed by atoms with E-state index in [1.165, 1.54) is 18.2 Å². The highest BCUT2D eigenvalue weighted by atomic mass is 19.1. The number of carbonyl (C=O) groups excluding carboxylic acids is 1. The second kappa shape index (κ2) is 6.47. The molecule has 1 amide bonds. The molecule has 0 saturated carbocycles. The van der Waals surface area contributed by atoms with Crippen LogP contribution in [-0.2, 0) is 9.59 Å². The third-order valence-corrected chi connectivity index (χ3v) is 1.83. The predicted molar refractivity (Wildman–Crippen MR) is 57.2 cm³/mol. The molecule has 2 N–H and O–H groups in total. The lowest BCUT2D eigenvalue weighted by Crippen LogP contribution is -2.30. The van der Waals surface area contributed by atoms with E-state index in [1.807, 2.05) is 0 Å². The van der Waals surface area contributed by atoms with Crippen LogP contribution < -0.4 is 10.1 Å². The van der Waals surface area contributed by atoms with E-state index in [9.17, 15) is 14.0 Å². The number of rotatable bonds is 6. The average Bonchev–Trinajstić information content (AvgIpc) is 2.26. The molecule has 0 bridgehead atoms. The van der Waals surface area contributed by atoms with Crippen molar-refractivity contribution >= 4 is 11.9 Å². The van der Waals surface area contributed by atoms with Crippen LogP contribution in [-0.4, -0.2) is 30.1 Å². The van der Waals surface area contributed by atoms with E-state index < -0.39 is 24.2 Å². The Morgan fingerprint density at radius 1 is 1.41 bits per heavy atom. The zero-order chi connectivity index (χ0) is 12.7. The van der Waals surface area contributed by atoms with Crippen molar-refractivity contribution in [3.8, 4) is 5.75 Å². The summed E-state index contributed by atoms with van der Waals surface area (Å²) in [6.45, 7) is -0.353. The summed E-state index contributed by atoms with van der Waals surface area (Å²) in [6, 6.07) is 5.55. The smallest absolute Gasteiger partial charge is 0.322 e. The van der Waals surface area contributed by atoms with Crippen LogP contribution in [0.5, 0.6) is 5.75 Å². The molecule has 92 valence electrons. The largest absolute Gasteiger partial charge is 0.493 e. The van der Waals surface area contributed by atoms with E-state index in [0.29, 0.717) is 5.75 Å². The van der Waals surface area contributed by atoms with Crippen molar-refractivity contribution < 1.29 is 23.8 Å². The normalized spacial score (nSPS) is 9.71. The molecule has 0 aliphatic carbocycles. The Kier molecular flexibility index (Phi) is 4.93. The first-order valence-corrected chi connectivity index (χ1v) is 4.95. The minimum Gasteiger partial charge on any atom is -0.493 e. The van der Waals surface area contributed by atoms with Crippen molar-refractivity contribution in [2.75, 3.05) is 13.2 Å². The molecule has 0 heterocycles. The van der Waals surface area contributed by atoms with Gasteiger partial charge in [-0.15, -0.1) is 0 Å². The molecular formula is C11H12FNO4. The molecular weight excluding hydrogens is 229 g/mol. The van der Waals surface area contributed by atoms with Crippen LogP contribution in [0.15, 0.2) is 24.3 Å². The second-order valence-corrected chi connectivity index (χ2v) is 3.23. The molecule has 1 aromatic carbocycles. The fraction of sp³-hybridized carbons (Fsp3) is 0.273. The Balaban J connectivity index is 2.23. The summed E-state index contributed by atoms with van der Waals surface area (Å²) in [6.07, 6.45) is 0.0177. The summed E-state index contributed by atoms with van der Waals surface area (Å²) in [5, 5.41) is 10.5. The average molecular weight is 241 g/mol. The van der Waals surface area contributed by atoms with E-state index in [4.69, 9.17) is 9.84 Å². The molecule has 0 saturated heterocycles. The molecule has 0 aliphatic heterocycles. The highest BCUT2D eigenvalue weighted by Crippen LogP contribution is 2.11. The molecule has 0 spiro atoms. The molecule has 0 unspecified atom stereocenters. The number of hydrogen-bond donors (Lipinski definition) is 2. The van der Waals surface area contributed by atoms with Gasteiger partial charge in [0.15, 0.2) is 0 Å². The van der Waals surface area contributed by atoms with Gasteiger partial charge in [0.2, 0.25) is 5.91 Å². The van der Waals surface area contributed by atoms with Gasteiger partial charge in [-0.2, -0.15) is 0 Å². The van der Waals surface area contributed by atoms with E-state index in [0.717, 1.165) is 0 Å². The van der Waals surface area contributed by atoms with Crippen molar-refractivity contribution in [3.63, 3.8) is 0 Å². The highest BCUT2D eigenvalue weighted by Gasteiger charge is 2.04. The van der Waals surface area contributed by atoms with Gasteiger partial charge in [-0.1, -0.05) is 6.07 Å². The fourth-order valence-electron chi connectivity index (χ4n) is 1.08. The van der Waals surface area contributed by atoms with Gasteiger partial charge < -0.3 is 15.2 Å². The van der Waals surface area contributed by atoms with Crippen molar-refractivity contribution in [2.45, 2.75) is 6.42 Å². The Bertz CT molecular complexity index is 408. The van der Waals surface area contributed by atoms with Crippen LogP contribution in [0.4, 0.5) is 4.39 Å². The van der Waals surface area contributed by atoms with Gasteiger partial charge in [0, 0.05) is 6.07 Å². The first kappa shape index (κ1) is 13.0. The van der Waals surface area contributed by atoms with Crippen LogP contribution in [0.3, 0.4) is 0 Å². The molecule has 17 heavy (non-hydrogen) atoms. The third kappa shape index (κ3) is 5.50.